The summed E-state index contributed by atoms with van der Waals surface area (Å²) in [6, 6.07) is 0. The summed E-state index contributed by atoms with van der Waals surface area (Å²) in [7, 11) is 0. The molecule has 0 amide bonds. The first-order valence-electron chi connectivity index (χ1n) is 12.5. The van der Waals surface area contributed by atoms with Gasteiger partial charge in [0.1, 0.15) is 40.8 Å². The maximum atomic E-state index is 4.58. The molecule has 0 radical (unpaired) electrons. The molecule has 3 aromatic heterocycles. The zero-order valence-electron chi connectivity index (χ0n) is 22.3. The van der Waals surface area contributed by atoms with Gasteiger partial charge in [0, 0.05) is 32.6 Å². The molecule has 0 aliphatic carbocycles. The molecule has 3 aromatic rings. The van der Waals surface area contributed by atoms with Crippen molar-refractivity contribution in [2.45, 2.75) is 67.2 Å². The summed E-state index contributed by atoms with van der Waals surface area (Å²) in [5, 5.41) is 6.78. The quantitative estimate of drug-likeness (QED) is 0.316. The van der Waals surface area contributed by atoms with Crippen molar-refractivity contribution in [2.24, 2.45) is 0 Å². The molecule has 0 saturated heterocycles. The van der Waals surface area contributed by atoms with Gasteiger partial charge < -0.3 is 15.5 Å². The lowest BCUT2D eigenvalue weighted by Gasteiger charge is -2.23. The van der Waals surface area contributed by atoms with Crippen molar-refractivity contribution in [3.8, 4) is 0 Å². The lowest BCUT2D eigenvalue weighted by Crippen LogP contribution is -2.35. The van der Waals surface area contributed by atoms with Crippen LogP contribution >= 0.6 is 0 Å². The fourth-order valence-electron chi connectivity index (χ4n) is 3.88. The number of anilines is 2. The third-order valence-electron chi connectivity index (χ3n) is 5.34. The van der Waals surface area contributed by atoms with Crippen molar-refractivity contribution in [3.05, 3.63) is 40.8 Å². The van der Waals surface area contributed by atoms with Crippen molar-refractivity contribution in [3.63, 3.8) is 0 Å². The first-order valence-corrected chi connectivity index (χ1v) is 12.5. The molecular formula is C24H38N12. The van der Waals surface area contributed by atoms with E-state index in [1.807, 2.05) is 41.5 Å². The number of hydrogen-bond donors (Lipinski definition) is 2. The molecule has 0 aliphatic rings. The van der Waals surface area contributed by atoms with Crippen molar-refractivity contribution < 1.29 is 0 Å². The molecule has 12 heteroatoms. The fraction of sp³-hybridized carbons (Fsp3) is 0.625. The smallest absolute Gasteiger partial charge is 0.228 e. The fourth-order valence-corrected chi connectivity index (χ4v) is 3.88. The van der Waals surface area contributed by atoms with Crippen LogP contribution in [0, 0.1) is 41.5 Å². The lowest BCUT2D eigenvalue weighted by molar-refractivity contribution is 0.608. The largest absolute Gasteiger partial charge is 0.354 e. The zero-order chi connectivity index (χ0) is 25.9. The summed E-state index contributed by atoms with van der Waals surface area (Å²) < 4.78 is 0. The van der Waals surface area contributed by atoms with Crippen LogP contribution in [0.5, 0.6) is 0 Å². The molecule has 0 saturated carbocycles. The number of unbranched alkanes of at least 4 members (excludes halogenated alkanes) is 1. The van der Waals surface area contributed by atoms with E-state index in [-0.39, 0.29) is 0 Å². The minimum absolute atomic E-state index is 0.634. The Balaban J connectivity index is 1.44. The summed E-state index contributed by atoms with van der Waals surface area (Å²) in [6.45, 7) is 15.5. The molecule has 3 heterocycles. The van der Waals surface area contributed by atoms with Gasteiger partial charge in [-0.05, 0) is 67.3 Å². The van der Waals surface area contributed by atoms with Gasteiger partial charge in [-0.1, -0.05) is 0 Å². The van der Waals surface area contributed by atoms with Crippen LogP contribution in [0.3, 0.4) is 0 Å². The molecule has 12 nitrogen and oxygen atoms in total. The Morgan fingerprint density at radius 3 is 1.69 bits per heavy atom. The van der Waals surface area contributed by atoms with Crippen molar-refractivity contribution in [2.75, 3.05) is 42.9 Å². The summed E-state index contributed by atoms with van der Waals surface area (Å²) >= 11 is 0. The highest BCUT2D eigenvalue weighted by molar-refractivity contribution is 5.29. The Morgan fingerprint density at radius 2 is 1.08 bits per heavy atom. The van der Waals surface area contributed by atoms with Gasteiger partial charge in [0.05, 0.1) is 0 Å². The van der Waals surface area contributed by atoms with Gasteiger partial charge in [-0.25, -0.2) is 24.9 Å². The molecule has 0 aliphatic heterocycles. The number of nitrogens with zero attached hydrogens (tertiary/aromatic N) is 10. The predicted molar refractivity (Wildman–Crippen MR) is 139 cm³/mol. The van der Waals surface area contributed by atoms with Gasteiger partial charge in [0.15, 0.2) is 0 Å². The first kappa shape index (κ1) is 27.2. The van der Waals surface area contributed by atoms with E-state index in [2.05, 4.69) is 60.4 Å². The maximum Gasteiger partial charge on any atom is 0.228 e. The average Bonchev–Trinajstić information content (AvgIpc) is 2.78. The Morgan fingerprint density at radius 1 is 0.528 bits per heavy atom. The Labute approximate surface area is 213 Å². The van der Waals surface area contributed by atoms with Gasteiger partial charge >= 0.3 is 0 Å². The molecule has 0 aromatic carbocycles. The second-order valence-corrected chi connectivity index (χ2v) is 8.80. The Kier molecular flexibility index (Phi) is 10.3. The second kappa shape index (κ2) is 13.6. The van der Waals surface area contributed by atoms with Crippen LogP contribution < -0.4 is 15.5 Å². The molecule has 0 atom stereocenters. The van der Waals surface area contributed by atoms with E-state index in [0.29, 0.717) is 5.95 Å². The van der Waals surface area contributed by atoms with Crippen LogP contribution in [0.1, 0.15) is 60.0 Å². The zero-order valence-corrected chi connectivity index (χ0v) is 22.3. The van der Waals surface area contributed by atoms with Crippen LogP contribution in [0.4, 0.5) is 11.9 Å². The standard InChI is InChI=1S/C24H38N12/c1-16-27-17(2)31-22(30-16)10-7-8-14-36(24-34-20(5)29-21(6)35-24)15-13-25-11-9-12-26-23-32-18(3)28-19(4)33-23/h25H,7-15H2,1-6H3,(H,26,28,32,33). The third-order valence-corrected chi connectivity index (χ3v) is 5.34. The molecule has 36 heavy (non-hydrogen) atoms. The first-order chi connectivity index (χ1) is 17.3. The molecular weight excluding hydrogens is 456 g/mol. The molecule has 194 valence electrons. The van der Waals surface area contributed by atoms with E-state index in [4.69, 9.17) is 0 Å². The summed E-state index contributed by atoms with van der Waals surface area (Å²) in [6.07, 6.45) is 3.76. The lowest BCUT2D eigenvalue weighted by atomic mass is 10.2. The van der Waals surface area contributed by atoms with Crippen molar-refractivity contribution in [1.29, 1.82) is 0 Å². The summed E-state index contributed by atoms with van der Waals surface area (Å²) in [4.78, 5) is 41.7. The second-order valence-electron chi connectivity index (χ2n) is 8.80. The number of nitrogens with one attached hydrogen (secondary N) is 2. The minimum Gasteiger partial charge on any atom is -0.354 e. The number of aryl methyl sites for hydroxylation is 7. The van der Waals surface area contributed by atoms with Crippen LogP contribution in [0.15, 0.2) is 0 Å². The Bertz CT molecular complexity index is 1060. The highest BCUT2D eigenvalue weighted by atomic mass is 15.3. The highest BCUT2D eigenvalue weighted by Gasteiger charge is 2.12. The predicted octanol–water partition coefficient (Wildman–Crippen LogP) is 2.01. The van der Waals surface area contributed by atoms with E-state index in [0.717, 1.165) is 105 Å². The molecule has 0 bridgehead atoms. The third kappa shape index (κ3) is 9.33. The van der Waals surface area contributed by atoms with Gasteiger partial charge in [-0.15, -0.1) is 0 Å². The number of rotatable bonds is 14. The molecule has 2 N–H and O–H groups in total. The highest BCUT2D eigenvalue weighted by Crippen LogP contribution is 2.10. The van der Waals surface area contributed by atoms with E-state index >= 15 is 0 Å². The number of hydrogen-bond acceptors (Lipinski definition) is 12. The molecule has 0 spiro atoms. The van der Waals surface area contributed by atoms with E-state index in [1.165, 1.54) is 0 Å². The van der Waals surface area contributed by atoms with Gasteiger partial charge in [0.25, 0.3) is 0 Å². The van der Waals surface area contributed by atoms with Crippen molar-refractivity contribution in [1.82, 2.24) is 50.2 Å². The Hall–Kier alpha value is -3.41. The van der Waals surface area contributed by atoms with Crippen LogP contribution in [0.2, 0.25) is 0 Å². The van der Waals surface area contributed by atoms with Crippen LogP contribution in [-0.2, 0) is 6.42 Å². The molecule has 0 fully saturated rings. The normalized spacial score (nSPS) is 11.1. The summed E-state index contributed by atoms with van der Waals surface area (Å²) in [5.74, 6) is 6.70. The van der Waals surface area contributed by atoms with Gasteiger partial charge in [-0.2, -0.15) is 19.9 Å². The monoisotopic (exact) mass is 494 g/mol. The maximum absolute atomic E-state index is 4.58. The SMILES string of the molecule is Cc1nc(C)nc(CCCCN(CCNCCCNc2nc(C)nc(C)n2)c2nc(C)nc(C)n2)n1. The van der Waals surface area contributed by atoms with E-state index < -0.39 is 0 Å². The van der Waals surface area contributed by atoms with Crippen molar-refractivity contribution >= 4 is 11.9 Å². The van der Waals surface area contributed by atoms with Crippen LogP contribution in [0.25, 0.3) is 0 Å². The summed E-state index contributed by atoms with van der Waals surface area (Å²) in [5.41, 5.74) is 0. The van der Waals surface area contributed by atoms with E-state index in [1.54, 1.807) is 0 Å². The molecule has 0 unspecified atom stereocenters. The van der Waals surface area contributed by atoms with Crippen LogP contribution in [-0.4, -0.2) is 77.6 Å². The molecule has 3 rings (SSSR count). The van der Waals surface area contributed by atoms with E-state index in [9.17, 15) is 0 Å². The van der Waals surface area contributed by atoms with Gasteiger partial charge in [-0.3, -0.25) is 0 Å². The minimum atomic E-state index is 0.634. The topological polar surface area (TPSA) is 143 Å². The average molecular weight is 495 g/mol. The number of aromatic nitrogens is 9. The van der Waals surface area contributed by atoms with Gasteiger partial charge in [0.2, 0.25) is 11.9 Å².